The van der Waals surface area contributed by atoms with E-state index in [1.807, 2.05) is 0 Å². The van der Waals surface area contributed by atoms with E-state index in [4.69, 9.17) is 27.9 Å². The molecular formula is C20H18Cl2N2O5S. The maximum Gasteiger partial charge on any atom is 0.340 e. The van der Waals surface area contributed by atoms with Gasteiger partial charge in [0.2, 0.25) is 10.0 Å². The zero-order valence-corrected chi connectivity index (χ0v) is 18.6. The minimum absolute atomic E-state index is 0.153. The Balaban J connectivity index is 2.14. The van der Waals surface area contributed by atoms with Crippen molar-refractivity contribution in [1.29, 1.82) is 0 Å². The molecule has 3 rings (SSSR count). The average Bonchev–Trinajstić information content (AvgIpc) is 3.04. The minimum atomic E-state index is -3.88. The molecule has 0 saturated carbocycles. The first kappa shape index (κ1) is 22.1. The van der Waals surface area contributed by atoms with Crippen molar-refractivity contribution in [3.8, 4) is 0 Å². The van der Waals surface area contributed by atoms with Crippen LogP contribution < -0.4 is 4.31 Å². The molecule has 10 heteroatoms. The highest BCUT2D eigenvalue weighted by atomic mass is 35.5. The number of hydrogen-bond donors (Lipinski definition) is 0. The molecule has 7 nitrogen and oxygen atoms in total. The number of nitrogens with zero attached hydrogens (tertiary/aromatic N) is 2. The number of anilines is 1. The number of halogens is 2. The number of para-hydroxylation sites is 1. The van der Waals surface area contributed by atoms with E-state index >= 15 is 0 Å². The van der Waals surface area contributed by atoms with E-state index in [-0.39, 0.29) is 21.3 Å². The topological polar surface area (TPSA) is 85.7 Å². The monoisotopic (exact) mass is 468 g/mol. The van der Waals surface area contributed by atoms with Crippen LogP contribution in [-0.2, 0) is 14.8 Å². The van der Waals surface area contributed by atoms with Gasteiger partial charge in [0.15, 0.2) is 0 Å². The van der Waals surface area contributed by atoms with Gasteiger partial charge in [-0.25, -0.2) is 13.2 Å². The lowest BCUT2D eigenvalue weighted by Gasteiger charge is -2.28. The molecule has 0 unspecified atom stereocenters. The number of hydrogen-bond acceptors (Lipinski definition) is 5. The lowest BCUT2D eigenvalue weighted by molar-refractivity contribution is 0.0603. The van der Waals surface area contributed by atoms with Crippen molar-refractivity contribution in [1.82, 2.24) is 4.57 Å². The second kappa shape index (κ2) is 8.29. The molecule has 30 heavy (non-hydrogen) atoms. The summed E-state index contributed by atoms with van der Waals surface area (Å²) in [6.45, 7) is 1.45. The predicted molar refractivity (Wildman–Crippen MR) is 117 cm³/mol. The number of benzene rings is 2. The van der Waals surface area contributed by atoms with Crippen LogP contribution in [0.15, 0.2) is 48.7 Å². The number of ether oxygens (including phenoxy) is 1. The molecule has 0 amide bonds. The summed E-state index contributed by atoms with van der Waals surface area (Å²) < 4.78 is 32.1. The molecule has 0 aliphatic rings. The van der Waals surface area contributed by atoms with Gasteiger partial charge < -0.3 is 4.74 Å². The summed E-state index contributed by atoms with van der Waals surface area (Å²) >= 11 is 12.1. The smallest absolute Gasteiger partial charge is 0.340 e. The number of methoxy groups -OCH3 is 1. The van der Waals surface area contributed by atoms with Gasteiger partial charge in [0.05, 0.1) is 30.1 Å². The summed E-state index contributed by atoms with van der Waals surface area (Å²) in [4.78, 5) is 25.5. The molecular weight excluding hydrogens is 451 g/mol. The quantitative estimate of drug-likeness (QED) is 0.522. The largest absolute Gasteiger partial charge is 0.465 e. The maximum atomic E-state index is 13.4. The first-order valence-corrected chi connectivity index (χ1v) is 11.3. The molecule has 0 N–H and O–H groups in total. The molecule has 0 aliphatic carbocycles. The fourth-order valence-electron chi connectivity index (χ4n) is 3.31. The van der Waals surface area contributed by atoms with E-state index in [9.17, 15) is 18.0 Å². The summed E-state index contributed by atoms with van der Waals surface area (Å²) in [5, 5.41) is 0.969. The number of fused-ring (bicyclic) bond motifs is 1. The fourth-order valence-corrected chi connectivity index (χ4v) is 4.97. The van der Waals surface area contributed by atoms with Crippen LogP contribution in [0.4, 0.5) is 5.69 Å². The van der Waals surface area contributed by atoms with Crippen molar-refractivity contribution in [2.24, 2.45) is 0 Å². The molecule has 3 aromatic rings. The lowest BCUT2D eigenvalue weighted by atomic mass is 10.2. The van der Waals surface area contributed by atoms with E-state index in [1.165, 1.54) is 43.0 Å². The van der Waals surface area contributed by atoms with Gasteiger partial charge in [0, 0.05) is 21.6 Å². The summed E-state index contributed by atoms with van der Waals surface area (Å²) in [5.41, 5.74) is 0.804. The highest BCUT2D eigenvalue weighted by Gasteiger charge is 2.32. The van der Waals surface area contributed by atoms with Gasteiger partial charge in [-0.3, -0.25) is 13.7 Å². The van der Waals surface area contributed by atoms with Crippen LogP contribution in [0.5, 0.6) is 0 Å². The first-order valence-electron chi connectivity index (χ1n) is 8.72. The van der Waals surface area contributed by atoms with E-state index in [1.54, 1.807) is 24.3 Å². The maximum absolute atomic E-state index is 13.4. The summed E-state index contributed by atoms with van der Waals surface area (Å²) in [6.07, 6.45) is 2.33. The van der Waals surface area contributed by atoms with Crippen molar-refractivity contribution in [2.45, 2.75) is 13.0 Å². The van der Waals surface area contributed by atoms with Gasteiger partial charge in [-0.05, 0) is 31.2 Å². The normalized spacial score (nSPS) is 12.6. The minimum Gasteiger partial charge on any atom is -0.465 e. The van der Waals surface area contributed by atoms with Crippen molar-refractivity contribution in [2.75, 3.05) is 17.7 Å². The van der Waals surface area contributed by atoms with Gasteiger partial charge in [-0.15, -0.1) is 0 Å². The Morgan fingerprint density at radius 2 is 1.70 bits per heavy atom. The summed E-state index contributed by atoms with van der Waals surface area (Å²) in [7, 11) is -2.64. The van der Waals surface area contributed by atoms with Crippen LogP contribution in [0.1, 0.15) is 22.1 Å². The van der Waals surface area contributed by atoms with Crippen LogP contribution in [0.25, 0.3) is 10.9 Å². The standard InChI is InChI=1S/C20H18Cl2N2O5S/c1-12(24(30(3,27)28)15-9-13(21)8-14(22)10-15)19(25)23-11-17(20(26)29-2)16-6-4-5-7-18(16)23/h4-12H,1-3H3/t12-/m1/s1. The van der Waals surface area contributed by atoms with Gasteiger partial charge in [-0.1, -0.05) is 41.4 Å². The number of carbonyl (C=O) groups excluding carboxylic acids is 2. The molecule has 0 radical (unpaired) electrons. The molecule has 0 fully saturated rings. The van der Waals surface area contributed by atoms with Crippen LogP contribution in [0, 0.1) is 0 Å². The van der Waals surface area contributed by atoms with Crippen molar-refractivity contribution in [3.63, 3.8) is 0 Å². The molecule has 1 heterocycles. The van der Waals surface area contributed by atoms with Crippen LogP contribution >= 0.6 is 23.2 Å². The second-order valence-electron chi connectivity index (χ2n) is 6.62. The van der Waals surface area contributed by atoms with Crippen LogP contribution in [0.3, 0.4) is 0 Å². The number of rotatable bonds is 5. The predicted octanol–water partition coefficient (Wildman–Crippen LogP) is 4.23. The van der Waals surface area contributed by atoms with E-state index in [0.717, 1.165) is 10.6 Å². The Hall–Kier alpha value is -2.55. The molecule has 158 valence electrons. The van der Waals surface area contributed by atoms with Crippen LogP contribution in [0.2, 0.25) is 10.0 Å². The molecule has 0 saturated heterocycles. The van der Waals surface area contributed by atoms with E-state index in [2.05, 4.69) is 0 Å². The lowest BCUT2D eigenvalue weighted by Crippen LogP contribution is -2.44. The molecule has 2 aromatic carbocycles. The molecule has 1 atom stereocenters. The van der Waals surface area contributed by atoms with Crippen molar-refractivity contribution in [3.05, 3.63) is 64.3 Å². The first-order chi connectivity index (χ1) is 14.0. The third kappa shape index (κ3) is 4.16. The molecule has 0 bridgehead atoms. The molecule has 0 spiro atoms. The Morgan fingerprint density at radius 3 is 2.27 bits per heavy atom. The Kier molecular flexibility index (Phi) is 6.12. The van der Waals surface area contributed by atoms with Crippen molar-refractivity contribution >= 4 is 61.7 Å². The Bertz CT molecular complexity index is 1230. The van der Waals surface area contributed by atoms with Gasteiger partial charge in [0.25, 0.3) is 5.91 Å². The zero-order chi connectivity index (χ0) is 22.2. The second-order valence-corrected chi connectivity index (χ2v) is 9.35. The van der Waals surface area contributed by atoms with Crippen LogP contribution in [-0.4, -0.2) is 44.3 Å². The number of esters is 1. The number of aromatic nitrogens is 1. The van der Waals surface area contributed by atoms with Gasteiger partial charge in [-0.2, -0.15) is 0 Å². The fraction of sp³-hybridized carbons (Fsp3) is 0.200. The Labute approximate surface area is 183 Å². The average molecular weight is 469 g/mol. The van der Waals surface area contributed by atoms with E-state index < -0.39 is 27.9 Å². The molecule has 1 aromatic heterocycles. The highest BCUT2D eigenvalue weighted by Crippen LogP contribution is 2.30. The van der Waals surface area contributed by atoms with Gasteiger partial charge in [0.1, 0.15) is 6.04 Å². The summed E-state index contributed by atoms with van der Waals surface area (Å²) in [6, 6.07) is 9.90. The van der Waals surface area contributed by atoms with E-state index in [0.29, 0.717) is 10.9 Å². The molecule has 0 aliphatic heterocycles. The third-order valence-electron chi connectivity index (χ3n) is 4.52. The SMILES string of the molecule is COC(=O)c1cn(C(=O)[C@@H](C)N(c2cc(Cl)cc(Cl)c2)S(C)(=O)=O)c2ccccc12. The summed E-state index contributed by atoms with van der Waals surface area (Å²) in [5.74, 6) is -1.17. The van der Waals surface area contributed by atoms with Crippen molar-refractivity contribution < 1.29 is 22.7 Å². The third-order valence-corrected chi connectivity index (χ3v) is 6.20. The van der Waals surface area contributed by atoms with Gasteiger partial charge >= 0.3 is 5.97 Å². The number of carbonyl (C=O) groups is 2. The number of sulfonamides is 1. The zero-order valence-electron chi connectivity index (χ0n) is 16.3. The Morgan fingerprint density at radius 1 is 1.10 bits per heavy atom. The highest BCUT2D eigenvalue weighted by molar-refractivity contribution is 7.92.